The van der Waals surface area contributed by atoms with Crippen molar-refractivity contribution in [3.8, 4) is 5.88 Å². The minimum atomic E-state index is -0.837. The van der Waals surface area contributed by atoms with Crippen LogP contribution in [0, 0.1) is 5.92 Å². The van der Waals surface area contributed by atoms with Crippen molar-refractivity contribution in [2.75, 3.05) is 46.0 Å². The van der Waals surface area contributed by atoms with E-state index in [0.29, 0.717) is 44.5 Å². The Morgan fingerprint density at radius 2 is 1.72 bits per heavy atom. The summed E-state index contributed by atoms with van der Waals surface area (Å²) in [5, 5.41) is 11.6. The van der Waals surface area contributed by atoms with Gasteiger partial charge in [0.05, 0.1) is 25.5 Å². The third-order valence-electron chi connectivity index (χ3n) is 8.29. The maximum Gasteiger partial charge on any atom is 0.257 e. The first-order chi connectivity index (χ1) is 22.6. The number of benzene rings is 1. The lowest BCUT2D eigenvalue weighted by molar-refractivity contribution is -0.134. The zero-order chi connectivity index (χ0) is 31.6. The number of aromatic nitrogens is 6. The van der Waals surface area contributed by atoms with Gasteiger partial charge in [0.2, 0.25) is 11.8 Å². The van der Waals surface area contributed by atoms with Crippen LogP contribution in [0.3, 0.4) is 0 Å². The molecule has 1 atom stereocenters. The normalized spacial score (nSPS) is 20.3. The maximum absolute atomic E-state index is 14.0. The molecule has 3 aromatic heterocycles. The molecule has 1 fully saturated rings. The van der Waals surface area contributed by atoms with Gasteiger partial charge in [-0.25, -0.2) is 19.6 Å². The fourth-order valence-electron chi connectivity index (χ4n) is 5.92. The Hall–Kier alpha value is -4.75. The Kier molecular flexibility index (Phi) is 10.5. The minimum absolute atomic E-state index is 0.136. The number of hydrogen-bond acceptors (Lipinski definition) is 10. The van der Waals surface area contributed by atoms with Crippen LogP contribution in [0.5, 0.6) is 5.88 Å². The first kappa shape index (κ1) is 31.2. The van der Waals surface area contributed by atoms with Crippen molar-refractivity contribution in [3.63, 3.8) is 0 Å². The average molecular weight is 626 g/mol. The van der Waals surface area contributed by atoms with Crippen molar-refractivity contribution < 1.29 is 19.1 Å². The summed E-state index contributed by atoms with van der Waals surface area (Å²) in [5.74, 6) is 0.0372. The monoisotopic (exact) mass is 625 g/mol. The van der Waals surface area contributed by atoms with Crippen molar-refractivity contribution >= 4 is 11.8 Å². The van der Waals surface area contributed by atoms with Gasteiger partial charge in [-0.2, -0.15) is 0 Å². The first-order valence-corrected chi connectivity index (χ1v) is 15.7. The Bertz CT molecular complexity index is 1560. The summed E-state index contributed by atoms with van der Waals surface area (Å²) < 4.78 is 13.5. The fourth-order valence-corrected chi connectivity index (χ4v) is 5.92. The Morgan fingerprint density at radius 1 is 0.891 bits per heavy atom. The second-order valence-corrected chi connectivity index (χ2v) is 11.7. The molecule has 1 aromatic carbocycles. The van der Waals surface area contributed by atoms with Gasteiger partial charge < -0.3 is 19.7 Å². The third-order valence-corrected chi connectivity index (χ3v) is 8.29. The highest BCUT2D eigenvalue weighted by Crippen LogP contribution is 2.22. The molecule has 6 heterocycles. The van der Waals surface area contributed by atoms with Gasteiger partial charge in [-0.3, -0.25) is 14.5 Å². The maximum atomic E-state index is 14.0. The predicted molar refractivity (Wildman–Crippen MR) is 168 cm³/mol. The molecule has 0 saturated carbocycles. The quantitative estimate of drug-likeness (QED) is 0.317. The molecule has 13 heteroatoms. The van der Waals surface area contributed by atoms with E-state index in [9.17, 15) is 9.59 Å². The molecule has 1 saturated heterocycles. The van der Waals surface area contributed by atoms with Crippen LogP contribution in [-0.2, 0) is 29.0 Å². The number of ether oxygens (including phenoxy) is 2. The van der Waals surface area contributed by atoms with Crippen molar-refractivity contribution in [1.82, 2.24) is 45.1 Å². The molecule has 2 amide bonds. The van der Waals surface area contributed by atoms with E-state index in [1.54, 1.807) is 23.0 Å². The van der Waals surface area contributed by atoms with Gasteiger partial charge in [0.1, 0.15) is 24.5 Å². The number of nitrogens with zero attached hydrogens (tertiary/aromatic N) is 8. The largest absolute Gasteiger partial charge is 0.475 e. The number of nitrogens with one attached hydrogen (secondary N) is 1. The molecular weight excluding hydrogens is 586 g/mol. The van der Waals surface area contributed by atoms with Gasteiger partial charge in [0.25, 0.3) is 5.91 Å². The molecule has 1 N–H and O–H groups in total. The summed E-state index contributed by atoms with van der Waals surface area (Å²) in [5.41, 5.74) is 3.01. The van der Waals surface area contributed by atoms with E-state index in [0.717, 1.165) is 43.6 Å². The molecule has 3 aliphatic heterocycles. The second kappa shape index (κ2) is 15.5. The van der Waals surface area contributed by atoms with Gasteiger partial charge in [0.15, 0.2) is 0 Å². The van der Waals surface area contributed by atoms with E-state index >= 15 is 0 Å². The van der Waals surface area contributed by atoms with Crippen LogP contribution in [0.1, 0.15) is 40.0 Å². The molecule has 0 aliphatic carbocycles. The van der Waals surface area contributed by atoms with Gasteiger partial charge in [0, 0.05) is 69.5 Å². The van der Waals surface area contributed by atoms with E-state index in [1.807, 2.05) is 53.8 Å². The van der Waals surface area contributed by atoms with Crippen LogP contribution in [0.25, 0.3) is 0 Å². The molecule has 240 valence electrons. The van der Waals surface area contributed by atoms with E-state index < -0.39 is 11.9 Å². The van der Waals surface area contributed by atoms with Gasteiger partial charge in [-0.15, -0.1) is 5.10 Å². The van der Waals surface area contributed by atoms with Crippen LogP contribution >= 0.6 is 0 Å². The van der Waals surface area contributed by atoms with E-state index in [1.165, 1.54) is 6.33 Å². The lowest BCUT2D eigenvalue weighted by Gasteiger charge is -2.36. The van der Waals surface area contributed by atoms with Crippen molar-refractivity contribution in [2.45, 2.75) is 38.4 Å². The third kappa shape index (κ3) is 8.49. The first-order valence-electron chi connectivity index (χ1n) is 15.7. The average Bonchev–Trinajstić information content (AvgIpc) is 3.53. The van der Waals surface area contributed by atoms with Crippen LogP contribution in [0.15, 0.2) is 73.6 Å². The number of hydrogen-bond donors (Lipinski definition) is 1. The molecule has 2 bridgehead atoms. The fraction of sp³-hybridized carbons (Fsp3) is 0.424. The highest BCUT2D eigenvalue weighted by molar-refractivity contribution is 5.99. The van der Waals surface area contributed by atoms with Crippen LogP contribution in [0.4, 0.5) is 0 Å². The summed E-state index contributed by atoms with van der Waals surface area (Å²) in [6.07, 6.45) is 10.6. The molecule has 0 spiro atoms. The lowest BCUT2D eigenvalue weighted by Crippen LogP contribution is -2.52. The molecule has 7 rings (SSSR count). The second-order valence-electron chi connectivity index (χ2n) is 11.7. The zero-order valence-electron chi connectivity index (χ0n) is 25.8. The van der Waals surface area contributed by atoms with Gasteiger partial charge >= 0.3 is 0 Å². The number of carbonyl (C=O) groups is 2. The SMILES string of the molecule is O=C1N[C@H](Cc2cn(Cc3ccccc3)nn2)C(=O)N2CCC(CC2)CN(Cc2cncnc2)CCOCCOc2ncccc21. The highest BCUT2D eigenvalue weighted by atomic mass is 16.5. The molecule has 0 radical (unpaired) electrons. The van der Waals surface area contributed by atoms with Crippen LogP contribution < -0.4 is 10.1 Å². The summed E-state index contributed by atoms with van der Waals surface area (Å²) in [4.78, 5) is 44.5. The number of fused-ring (bicyclic) bond motifs is 12. The standard InChI is InChI=1S/C33H39N9O4/c43-31-29-7-4-10-36-32(29)46-16-15-45-14-13-40(21-27-18-34-24-35-19-27)20-26-8-11-41(12-9-26)33(44)30(37-31)17-28-23-42(39-38-28)22-25-5-2-1-3-6-25/h1-7,10,18-19,23-24,26,30H,8-9,11-17,20-22H2,(H,37,43)/t30-/m1/s1. The molecule has 13 nitrogen and oxygen atoms in total. The van der Waals surface area contributed by atoms with Crippen molar-refractivity contribution in [1.29, 1.82) is 0 Å². The lowest BCUT2D eigenvalue weighted by atomic mass is 9.95. The molecule has 46 heavy (non-hydrogen) atoms. The minimum Gasteiger partial charge on any atom is -0.475 e. The van der Waals surface area contributed by atoms with E-state index in [4.69, 9.17) is 9.47 Å². The Morgan fingerprint density at radius 3 is 2.54 bits per heavy atom. The van der Waals surface area contributed by atoms with Crippen molar-refractivity contribution in [3.05, 3.63) is 96.0 Å². The number of piperidine rings is 1. The molecule has 3 aliphatic rings. The summed E-state index contributed by atoms with van der Waals surface area (Å²) in [6, 6.07) is 12.5. The van der Waals surface area contributed by atoms with Crippen LogP contribution in [0.2, 0.25) is 0 Å². The Balaban J connectivity index is 1.20. The van der Waals surface area contributed by atoms with Gasteiger partial charge in [-0.1, -0.05) is 35.5 Å². The number of carbonyl (C=O) groups excluding carboxylic acids is 2. The Labute approximate surface area is 268 Å². The zero-order valence-corrected chi connectivity index (χ0v) is 25.8. The topological polar surface area (TPSA) is 140 Å². The highest BCUT2D eigenvalue weighted by Gasteiger charge is 2.32. The van der Waals surface area contributed by atoms with Crippen LogP contribution in [-0.4, -0.2) is 104 Å². The predicted octanol–water partition coefficient (Wildman–Crippen LogP) is 2.00. The smallest absolute Gasteiger partial charge is 0.257 e. The summed E-state index contributed by atoms with van der Waals surface area (Å²) in [6.45, 7) is 5.20. The number of amides is 2. The molecular formula is C33H39N9O4. The number of rotatable bonds is 6. The van der Waals surface area contributed by atoms with Crippen molar-refractivity contribution in [2.24, 2.45) is 5.92 Å². The van der Waals surface area contributed by atoms with E-state index in [2.05, 4.69) is 35.5 Å². The van der Waals surface area contributed by atoms with E-state index in [-0.39, 0.29) is 30.4 Å². The van der Waals surface area contributed by atoms with Gasteiger partial charge in [-0.05, 0) is 36.5 Å². The number of pyridine rings is 1. The molecule has 4 aromatic rings. The molecule has 0 unspecified atom stereocenters. The summed E-state index contributed by atoms with van der Waals surface area (Å²) in [7, 11) is 0. The summed E-state index contributed by atoms with van der Waals surface area (Å²) >= 11 is 0.